The van der Waals surface area contributed by atoms with E-state index in [4.69, 9.17) is 0 Å². The van der Waals surface area contributed by atoms with Crippen LogP contribution in [0.4, 0.5) is 0 Å². The molecule has 1 atom stereocenters. The van der Waals surface area contributed by atoms with E-state index in [0.717, 1.165) is 51.1 Å². The fraction of sp³-hybridized carbons (Fsp3) is 0.476. The Labute approximate surface area is 150 Å². The van der Waals surface area contributed by atoms with Crippen LogP contribution in [0.2, 0.25) is 0 Å². The molecule has 4 heteroatoms. The highest BCUT2D eigenvalue weighted by atomic mass is 16.3. The lowest BCUT2D eigenvalue weighted by atomic mass is 9.88. The van der Waals surface area contributed by atoms with Crippen molar-refractivity contribution in [3.8, 4) is 6.07 Å². The van der Waals surface area contributed by atoms with Gasteiger partial charge in [-0.1, -0.05) is 30.3 Å². The second-order valence-corrected chi connectivity index (χ2v) is 7.00. The molecule has 0 aliphatic carbocycles. The molecule has 1 fully saturated rings. The van der Waals surface area contributed by atoms with Gasteiger partial charge in [0.2, 0.25) is 0 Å². The molecule has 0 radical (unpaired) electrons. The number of piperidine rings is 1. The molecule has 3 rings (SSSR count). The van der Waals surface area contributed by atoms with Crippen LogP contribution in [0.5, 0.6) is 0 Å². The molecule has 2 aromatic rings. The lowest BCUT2D eigenvalue weighted by molar-refractivity contribution is 0.0576. The van der Waals surface area contributed by atoms with Crippen molar-refractivity contribution in [2.75, 3.05) is 13.1 Å². The van der Waals surface area contributed by atoms with E-state index in [1.807, 2.05) is 28.8 Å². The lowest BCUT2D eigenvalue weighted by Gasteiger charge is -2.34. The average Bonchev–Trinajstić information content (AvgIpc) is 3.05. The Morgan fingerprint density at radius 1 is 1.20 bits per heavy atom. The summed E-state index contributed by atoms with van der Waals surface area (Å²) in [6, 6.07) is 14.5. The Morgan fingerprint density at radius 2 is 1.92 bits per heavy atom. The van der Waals surface area contributed by atoms with E-state index in [2.05, 4.69) is 36.2 Å². The van der Waals surface area contributed by atoms with E-state index in [1.54, 1.807) is 0 Å². The molecule has 1 aliphatic rings. The second kappa shape index (κ2) is 8.33. The summed E-state index contributed by atoms with van der Waals surface area (Å²) in [4.78, 5) is 2.43. The predicted octanol–water partition coefficient (Wildman–Crippen LogP) is 3.20. The standard InChI is InChI=1S/C21H27N3O/c1-2-24-16-18(12-20(24)14-22)15-23-10-8-19(9-11-23)21(25)13-17-6-4-3-5-7-17/h3-7,12,16,19,21,25H,2,8-11,13,15H2,1H3/t21-/m1/s1. The topological polar surface area (TPSA) is 52.2 Å². The Hall–Kier alpha value is -2.09. The SMILES string of the molecule is CCn1cc(CN2CCC([C@H](O)Cc3ccccc3)CC2)cc1C#N. The maximum atomic E-state index is 10.5. The highest BCUT2D eigenvalue weighted by molar-refractivity contribution is 5.28. The van der Waals surface area contributed by atoms with E-state index >= 15 is 0 Å². The van der Waals surface area contributed by atoms with E-state index in [9.17, 15) is 10.4 Å². The first-order valence-electron chi connectivity index (χ1n) is 9.23. The van der Waals surface area contributed by atoms with Crippen molar-refractivity contribution in [3.05, 3.63) is 59.4 Å². The molecule has 4 nitrogen and oxygen atoms in total. The number of hydrogen-bond donors (Lipinski definition) is 1. The van der Waals surface area contributed by atoms with Crippen LogP contribution in [0.15, 0.2) is 42.6 Å². The van der Waals surface area contributed by atoms with Crippen LogP contribution >= 0.6 is 0 Å². The van der Waals surface area contributed by atoms with Gasteiger partial charge < -0.3 is 9.67 Å². The second-order valence-electron chi connectivity index (χ2n) is 7.00. The third-order valence-corrected chi connectivity index (χ3v) is 5.28. The van der Waals surface area contributed by atoms with Crippen LogP contribution < -0.4 is 0 Å². The van der Waals surface area contributed by atoms with Crippen molar-refractivity contribution >= 4 is 0 Å². The number of rotatable bonds is 6. The summed E-state index contributed by atoms with van der Waals surface area (Å²) in [6.45, 7) is 5.80. The van der Waals surface area contributed by atoms with Crippen molar-refractivity contribution < 1.29 is 5.11 Å². The number of nitrogens with zero attached hydrogens (tertiary/aromatic N) is 3. The van der Waals surface area contributed by atoms with Gasteiger partial charge in [-0.25, -0.2) is 0 Å². The summed E-state index contributed by atoms with van der Waals surface area (Å²) in [5, 5.41) is 19.7. The molecule has 0 bridgehead atoms. The zero-order valence-electron chi connectivity index (χ0n) is 14.9. The van der Waals surface area contributed by atoms with Gasteiger partial charge in [0.05, 0.1) is 6.10 Å². The Balaban J connectivity index is 1.50. The van der Waals surface area contributed by atoms with Gasteiger partial charge in [0, 0.05) is 19.3 Å². The van der Waals surface area contributed by atoms with Crippen LogP contribution in [0.3, 0.4) is 0 Å². The number of aliphatic hydroxyl groups excluding tert-OH is 1. The average molecular weight is 337 g/mol. The first-order chi connectivity index (χ1) is 12.2. The normalized spacial score (nSPS) is 17.3. The van der Waals surface area contributed by atoms with Gasteiger partial charge in [-0.2, -0.15) is 5.26 Å². The number of aliphatic hydroxyl groups is 1. The Bertz CT molecular complexity index is 708. The van der Waals surface area contributed by atoms with Crippen LogP contribution in [0.25, 0.3) is 0 Å². The molecule has 132 valence electrons. The fourth-order valence-corrected chi connectivity index (χ4v) is 3.79. The molecule has 0 unspecified atom stereocenters. The van der Waals surface area contributed by atoms with Gasteiger partial charge in [0.25, 0.3) is 0 Å². The largest absolute Gasteiger partial charge is 0.392 e. The van der Waals surface area contributed by atoms with Crippen LogP contribution in [-0.4, -0.2) is 33.8 Å². The summed E-state index contributed by atoms with van der Waals surface area (Å²) >= 11 is 0. The smallest absolute Gasteiger partial charge is 0.120 e. The molecule has 1 N–H and O–H groups in total. The first kappa shape index (κ1) is 17.7. The highest BCUT2D eigenvalue weighted by Gasteiger charge is 2.25. The molecule has 1 saturated heterocycles. The maximum absolute atomic E-state index is 10.5. The quantitative estimate of drug-likeness (QED) is 0.881. The molecule has 1 aliphatic heterocycles. The molecular formula is C21H27N3O. The summed E-state index contributed by atoms with van der Waals surface area (Å²) in [7, 11) is 0. The molecular weight excluding hydrogens is 310 g/mol. The molecule has 0 spiro atoms. The lowest BCUT2D eigenvalue weighted by Crippen LogP contribution is -2.38. The predicted molar refractivity (Wildman–Crippen MR) is 99.0 cm³/mol. The first-order valence-corrected chi connectivity index (χ1v) is 9.23. The van der Waals surface area contributed by atoms with Gasteiger partial charge in [0.15, 0.2) is 0 Å². The van der Waals surface area contributed by atoms with Crippen molar-refractivity contribution in [1.82, 2.24) is 9.47 Å². The molecule has 0 amide bonds. The molecule has 0 saturated carbocycles. The Morgan fingerprint density at radius 3 is 2.52 bits per heavy atom. The van der Waals surface area contributed by atoms with E-state index < -0.39 is 0 Å². The number of aryl methyl sites for hydroxylation is 1. The third kappa shape index (κ3) is 4.50. The summed E-state index contributed by atoms with van der Waals surface area (Å²) in [6.07, 6.45) is 4.66. The molecule has 25 heavy (non-hydrogen) atoms. The van der Waals surface area contributed by atoms with Gasteiger partial charge in [0.1, 0.15) is 11.8 Å². The molecule has 2 heterocycles. The number of benzene rings is 1. The van der Waals surface area contributed by atoms with Crippen molar-refractivity contribution in [1.29, 1.82) is 5.26 Å². The van der Waals surface area contributed by atoms with Crippen molar-refractivity contribution in [3.63, 3.8) is 0 Å². The van der Waals surface area contributed by atoms with Gasteiger partial charge in [-0.15, -0.1) is 0 Å². The minimum absolute atomic E-state index is 0.254. The van der Waals surface area contributed by atoms with Crippen molar-refractivity contribution in [2.24, 2.45) is 5.92 Å². The monoisotopic (exact) mass is 337 g/mol. The van der Waals surface area contributed by atoms with Crippen LogP contribution in [-0.2, 0) is 19.5 Å². The summed E-state index contributed by atoms with van der Waals surface area (Å²) < 4.78 is 2.01. The Kier molecular flexibility index (Phi) is 5.91. The van der Waals surface area contributed by atoms with Gasteiger partial charge in [-0.05, 0) is 62.4 Å². The van der Waals surface area contributed by atoms with E-state index in [0.29, 0.717) is 5.92 Å². The minimum Gasteiger partial charge on any atom is -0.392 e. The van der Waals surface area contributed by atoms with Gasteiger partial charge >= 0.3 is 0 Å². The van der Waals surface area contributed by atoms with E-state index in [-0.39, 0.29) is 6.10 Å². The third-order valence-electron chi connectivity index (χ3n) is 5.28. The zero-order chi connectivity index (χ0) is 17.6. The maximum Gasteiger partial charge on any atom is 0.120 e. The zero-order valence-corrected chi connectivity index (χ0v) is 14.9. The molecule has 1 aromatic carbocycles. The van der Waals surface area contributed by atoms with Crippen LogP contribution in [0.1, 0.15) is 36.6 Å². The summed E-state index contributed by atoms with van der Waals surface area (Å²) in [5.41, 5.74) is 3.16. The highest BCUT2D eigenvalue weighted by Crippen LogP contribution is 2.24. The van der Waals surface area contributed by atoms with Crippen LogP contribution in [0, 0.1) is 17.2 Å². The minimum atomic E-state index is -0.254. The number of hydrogen-bond acceptors (Lipinski definition) is 3. The van der Waals surface area contributed by atoms with Gasteiger partial charge in [-0.3, -0.25) is 4.90 Å². The number of nitriles is 1. The molecule has 1 aromatic heterocycles. The number of likely N-dealkylation sites (tertiary alicyclic amines) is 1. The number of aromatic nitrogens is 1. The summed E-state index contributed by atoms with van der Waals surface area (Å²) in [5.74, 6) is 0.381. The fourth-order valence-electron chi connectivity index (χ4n) is 3.79. The van der Waals surface area contributed by atoms with Crippen molar-refractivity contribution in [2.45, 2.75) is 45.4 Å². The van der Waals surface area contributed by atoms with E-state index in [1.165, 1.54) is 11.1 Å².